The molecule has 0 aliphatic carbocycles. The van der Waals surface area contributed by atoms with Crippen molar-refractivity contribution in [2.75, 3.05) is 4.90 Å². The van der Waals surface area contributed by atoms with Gasteiger partial charge in [-0.15, -0.1) is 11.3 Å². The predicted octanol–water partition coefficient (Wildman–Crippen LogP) is 2.58. The first-order chi connectivity index (χ1) is 11.1. The van der Waals surface area contributed by atoms with Gasteiger partial charge in [0, 0.05) is 17.6 Å². The summed E-state index contributed by atoms with van der Waals surface area (Å²) in [6.07, 6.45) is 2.09. The number of carbonyl (C=O) groups is 2. The number of rotatable bonds is 7. The maximum Gasteiger partial charge on any atom is 0.251 e. The average Bonchev–Trinajstić information content (AvgIpc) is 3.03. The molecule has 2 N–H and O–H groups in total. The molecule has 6 nitrogen and oxygen atoms in total. The lowest BCUT2D eigenvalue weighted by atomic mass is 9.88. The number of carbonyl (C=O) groups excluding carboxylic acids is 2. The van der Waals surface area contributed by atoms with Gasteiger partial charge in [-0.05, 0) is 25.2 Å². The van der Waals surface area contributed by atoms with Crippen LogP contribution >= 0.6 is 11.3 Å². The first kappa shape index (κ1) is 20.6. The molecule has 0 aromatic carbocycles. The molecular weight excluding hydrogens is 326 g/mol. The Morgan fingerprint density at radius 3 is 2.33 bits per heavy atom. The number of thiazole rings is 1. The molecule has 0 bridgehead atoms. The van der Waals surface area contributed by atoms with E-state index in [4.69, 9.17) is 0 Å². The summed E-state index contributed by atoms with van der Waals surface area (Å²) >= 11 is 1.40. The first-order valence-corrected chi connectivity index (χ1v) is 9.22. The van der Waals surface area contributed by atoms with Crippen molar-refractivity contribution in [3.8, 4) is 0 Å². The van der Waals surface area contributed by atoms with Gasteiger partial charge in [0.15, 0.2) is 5.13 Å². The van der Waals surface area contributed by atoms with Crippen molar-refractivity contribution in [1.82, 2.24) is 10.3 Å². The van der Waals surface area contributed by atoms with Gasteiger partial charge in [-0.2, -0.15) is 0 Å². The predicted molar refractivity (Wildman–Crippen MR) is 97.0 cm³/mol. The lowest BCUT2D eigenvalue weighted by Gasteiger charge is -2.32. The van der Waals surface area contributed by atoms with E-state index in [9.17, 15) is 14.7 Å². The quantitative estimate of drug-likeness (QED) is 0.787. The van der Waals surface area contributed by atoms with Crippen molar-refractivity contribution < 1.29 is 14.7 Å². The Kier molecular flexibility index (Phi) is 7.35. The van der Waals surface area contributed by atoms with Crippen LogP contribution in [0.25, 0.3) is 0 Å². The van der Waals surface area contributed by atoms with Crippen LogP contribution in [0.15, 0.2) is 11.6 Å². The third-order valence-corrected chi connectivity index (χ3v) is 4.74. The van der Waals surface area contributed by atoms with Gasteiger partial charge in [0.05, 0.1) is 0 Å². The number of amides is 2. The summed E-state index contributed by atoms with van der Waals surface area (Å²) in [6, 6.07) is -0.713. The molecule has 7 heteroatoms. The van der Waals surface area contributed by atoms with Gasteiger partial charge in [-0.1, -0.05) is 34.6 Å². The summed E-state index contributed by atoms with van der Waals surface area (Å²) < 4.78 is 0. The van der Waals surface area contributed by atoms with Crippen molar-refractivity contribution in [3.05, 3.63) is 11.6 Å². The van der Waals surface area contributed by atoms with Crippen molar-refractivity contribution in [2.24, 2.45) is 5.41 Å². The van der Waals surface area contributed by atoms with E-state index in [1.165, 1.54) is 11.3 Å². The van der Waals surface area contributed by atoms with Gasteiger partial charge in [-0.25, -0.2) is 4.98 Å². The fraction of sp³-hybridized carbons (Fsp3) is 0.706. The molecule has 2 unspecified atom stereocenters. The molecule has 0 aliphatic heterocycles. The highest BCUT2D eigenvalue weighted by Crippen LogP contribution is 2.24. The number of aromatic nitrogens is 1. The van der Waals surface area contributed by atoms with E-state index < -0.39 is 23.5 Å². The molecule has 2 amide bonds. The Bertz CT molecular complexity index is 536. The van der Waals surface area contributed by atoms with Gasteiger partial charge >= 0.3 is 0 Å². The molecule has 2 atom stereocenters. The third kappa shape index (κ3) is 5.01. The number of hydrogen-bond donors (Lipinski definition) is 2. The minimum atomic E-state index is -1.17. The highest BCUT2D eigenvalue weighted by Gasteiger charge is 2.33. The number of nitrogens with one attached hydrogen (secondary N) is 1. The summed E-state index contributed by atoms with van der Waals surface area (Å²) in [6.45, 7) is 11.0. The molecule has 24 heavy (non-hydrogen) atoms. The number of aliphatic hydroxyl groups is 1. The highest BCUT2D eigenvalue weighted by molar-refractivity contribution is 7.13. The van der Waals surface area contributed by atoms with Gasteiger partial charge < -0.3 is 10.4 Å². The van der Waals surface area contributed by atoms with Gasteiger partial charge in [0.1, 0.15) is 12.1 Å². The second kappa shape index (κ2) is 8.58. The smallest absolute Gasteiger partial charge is 0.251 e. The zero-order valence-corrected chi connectivity index (χ0v) is 16.2. The van der Waals surface area contributed by atoms with Crippen LogP contribution in [0.4, 0.5) is 5.13 Å². The summed E-state index contributed by atoms with van der Waals surface area (Å²) in [5, 5.41) is 15.1. The van der Waals surface area contributed by atoms with Crippen molar-refractivity contribution in [2.45, 2.75) is 72.6 Å². The molecule has 0 spiro atoms. The second-order valence-electron chi connectivity index (χ2n) is 6.99. The molecule has 1 heterocycles. The Morgan fingerprint density at radius 2 is 1.92 bits per heavy atom. The van der Waals surface area contributed by atoms with Crippen LogP contribution in [0.3, 0.4) is 0 Å². The van der Waals surface area contributed by atoms with E-state index in [0.29, 0.717) is 5.13 Å². The molecule has 0 saturated carbocycles. The Hall–Kier alpha value is -1.47. The lowest BCUT2D eigenvalue weighted by Crippen LogP contribution is -2.54. The van der Waals surface area contributed by atoms with E-state index in [2.05, 4.69) is 10.3 Å². The average molecular weight is 356 g/mol. The summed E-state index contributed by atoms with van der Waals surface area (Å²) in [4.78, 5) is 31.0. The molecule has 1 aromatic heterocycles. The van der Waals surface area contributed by atoms with Crippen LogP contribution < -0.4 is 10.2 Å². The minimum absolute atomic E-state index is 0.0236. The first-order valence-electron chi connectivity index (χ1n) is 8.34. The fourth-order valence-corrected chi connectivity index (χ4v) is 3.09. The number of aliphatic hydroxyl groups excluding tert-OH is 1. The number of nitrogens with zero attached hydrogens (tertiary/aromatic N) is 2. The van der Waals surface area contributed by atoms with Crippen LogP contribution in [0.5, 0.6) is 0 Å². The topological polar surface area (TPSA) is 82.5 Å². The second-order valence-corrected chi connectivity index (χ2v) is 7.87. The normalized spacial score (nSPS) is 14.3. The van der Waals surface area contributed by atoms with Crippen LogP contribution in [0, 0.1) is 5.41 Å². The van der Waals surface area contributed by atoms with E-state index in [-0.39, 0.29) is 11.9 Å². The summed E-state index contributed by atoms with van der Waals surface area (Å²) in [7, 11) is 0. The van der Waals surface area contributed by atoms with Crippen LogP contribution in [0.1, 0.15) is 54.4 Å². The van der Waals surface area contributed by atoms with E-state index in [1.807, 2.05) is 19.2 Å². The summed E-state index contributed by atoms with van der Waals surface area (Å²) in [5.74, 6) is -0.750. The Labute approximate surface area is 148 Å². The molecule has 0 aliphatic rings. The summed E-state index contributed by atoms with van der Waals surface area (Å²) in [5.41, 5.74) is -0.586. The number of anilines is 1. The van der Waals surface area contributed by atoms with Crippen LogP contribution in [-0.4, -0.2) is 40.1 Å². The Balaban J connectivity index is 2.92. The standard InChI is InChI=1S/C17H29N3O3S/c1-7-12(8-2)20(16-18-9-10-24-16)15(23)11(3)19-14(22)13(21)17(4,5)6/h9-13,21H,7-8H2,1-6H3,(H,19,22). The highest BCUT2D eigenvalue weighted by atomic mass is 32.1. The largest absolute Gasteiger partial charge is 0.383 e. The van der Waals surface area contributed by atoms with Crippen molar-refractivity contribution in [1.29, 1.82) is 0 Å². The van der Waals surface area contributed by atoms with Crippen LogP contribution in [0.2, 0.25) is 0 Å². The molecule has 136 valence electrons. The van der Waals surface area contributed by atoms with Gasteiger partial charge in [-0.3, -0.25) is 14.5 Å². The van der Waals surface area contributed by atoms with Gasteiger partial charge in [0.25, 0.3) is 5.91 Å². The lowest BCUT2D eigenvalue weighted by molar-refractivity contribution is -0.137. The fourth-order valence-electron chi connectivity index (χ4n) is 2.38. The molecule has 1 rings (SSSR count). The van der Waals surface area contributed by atoms with Crippen LogP contribution in [-0.2, 0) is 9.59 Å². The molecule has 0 radical (unpaired) electrons. The zero-order chi connectivity index (χ0) is 18.5. The SMILES string of the molecule is CCC(CC)N(C(=O)C(C)NC(=O)C(O)C(C)(C)C)c1nccs1. The number of hydrogen-bond acceptors (Lipinski definition) is 5. The minimum Gasteiger partial charge on any atom is -0.383 e. The molecule has 1 aromatic rings. The van der Waals surface area contributed by atoms with Crippen molar-refractivity contribution >= 4 is 28.3 Å². The van der Waals surface area contributed by atoms with Gasteiger partial charge in [0.2, 0.25) is 5.91 Å². The molecule has 0 fully saturated rings. The van der Waals surface area contributed by atoms with Crippen molar-refractivity contribution in [3.63, 3.8) is 0 Å². The van der Waals surface area contributed by atoms with E-state index in [0.717, 1.165) is 12.8 Å². The molecule has 0 saturated heterocycles. The maximum absolute atomic E-state index is 12.9. The van der Waals surface area contributed by atoms with E-state index >= 15 is 0 Å². The molecular formula is C17H29N3O3S. The maximum atomic E-state index is 12.9. The monoisotopic (exact) mass is 355 g/mol. The third-order valence-electron chi connectivity index (χ3n) is 3.97. The van der Waals surface area contributed by atoms with E-state index in [1.54, 1.807) is 38.8 Å². The zero-order valence-electron chi connectivity index (χ0n) is 15.4. The Morgan fingerprint density at radius 1 is 1.33 bits per heavy atom.